The summed E-state index contributed by atoms with van der Waals surface area (Å²) in [5, 5.41) is 18.8. The molecule has 1 aliphatic heterocycles. The summed E-state index contributed by atoms with van der Waals surface area (Å²) in [5.41, 5.74) is 2.47. The van der Waals surface area contributed by atoms with E-state index in [9.17, 15) is 5.11 Å². The van der Waals surface area contributed by atoms with Gasteiger partial charge in [0.25, 0.3) is 0 Å². The molecule has 2 aromatic heterocycles. The van der Waals surface area contributed by atoms with Gasteiger partial charge in [0.05, 0.1) is 19.2 Å². The van der Waals surface area contributed by atoms with Crippen LogP contribution < -0.4 is 4.74 Å². The van der Waals surface area contributed by atoms with Gasteiger partial charge in [0.2, 0.25) is 0 Å². The highest BCUT2D eigenvalue weighted by Crippen LogP contribution is 2.27. The first-order valence-corrected chi connectivity index (χ1v) is 8.05. The number of hydrogen-bond donors (Lipinski definition) is 1. The van der Waals surface area contributed by atoms with Gasteiger partial charge in [0.1, 0.15) is 18.2 Å². The molecule has 1 aliphatic rings. The Morgan fingerprint density at radius 3 is 2.92 bits per heavy atom. The summed E-state index contributed by atoms with van der Waals surface area (Å²) in [7, 11) is 3.75. The molecule has 0 saturated carbocycles. The zero-order chi connectivity index (χ0) is 16.7. The fourth-order valence-corrected chi connectivity index (χ4v) is 3.46. The molecule has 24 heavy (non-hydrogen) atoms. The number of methoxy groups -OCH3 is 1. The van der Waals surface area contributed by atoms with Crippen molar-refractivity contribution < 1.29 is 9.84 Å². The number of fused-ring (bicyclic) bond motifs is 2. The highest BCUT2D eigenvalue weighted by atomic mass is 16.5. The summed E-state index contributed by atoms with van der Waals surface area (Å²) in [5.74, 6) is 2.45. The molecule has 0 spiro atoms. The highest BCUT2D eigenvalue weighted by molar-refractivity contribution is 5.85. The minimum absolute atomic E-state index is 0.0574. The molecule has 0 radical (unpaired) electrons. The molecular formula is C17H21N5O2. The summed E-state index contributed by atoms with van der Waals surface area (Å²) in [4.78, 5) is 2.37. The van der Waals surface area contributed by atoms with E-state index in [1.807, 2.05) is 10.6 Å². The van der Waals surface area contributed by atoms with Crippen molar-refractivity contribution in [2.75, 3.05) is 13.7 Å². The van der Waals surface area contributed by atoms with Crippen LogP contribution in [-0.4, -0.2) is 43.0 Å². The number of aryl methyl sites for hydroxylation is 1. The van der Waals surface area contributed by atoms with E-state index < -0.39 is 0 Å². The van der Waals surface area contributed by atoms with Crippen LogP contribution in [0.4, 0.5) is 0 Å². The van der Waals surface area contributed by atoms with Crippen molar-refractivity contribution in [1.29, 1.82) is 0 Å². The van der Waals surface area contributed by atoms with E-state index in [1.54, 1.807) is 7.11 Å². The summed E-state index contributed by atoms with van der Waals surface area (Å²) >= 11 is 0. The van der Waals surface area contributed by atoms with Gasteiger partial charge in [-0.1, -0.05) is 0 Å². The molecule has 0 saturated heterocycles. The Morgan fingerprint density at radius 2 is 2.12 bits per heavy atom. The Hall–Kier alpha value is -2.38. The molecule has 0 amide bonds. The highest BCUT2D eigenvalue weighted by Gasteiger charge is 2.21. The van der Waals surface area contributed by atoms with E-state index in [0.29, 0.717) is 5.82 Å². The summed E-state index contributed by atoms with van der Waals surface area (Å²) < 4.78 is 9.49. The number of rotatable bonds is 4. The van der Waals surface area contributed by atoms with Gasteiger partial charge in [-0.15, -0.1) is 10.2 Å². The van der Waals surface area contributed by atoms with Crippen LogP contribution in [0.3, 0.4) is 0 Å². The van der Waals surface area contributed by atoms with Crippen LogP contribution in [0.5, 0.6) is 5.75 Å². The molecular weight excluding hydrogens is 306 g/mol. The van der Waals surface area contributed by atoms with Crippen LogP contribution in [0.15, 0.2) is 24.4 Å². The van der Waals surface area contributed by atoms with Crippen LogP contribution in [-0.2, 0) is 33.3 Å². The molecule has 126 valence electrons. The normalized spacial score (nSPS) is 15.0. The van der Waals surface area contributed by atoms with Crippen molar-refractivity contribution in [1.82, 2.24) is 24.2 Å². The van der Waals surface area contributed by atoms with Crippen LogP contribution in [0.25, 0.3) is 10.9 Å². The molecule has 0 bridgehead atoms. The van der Waals surface area contributed by atoms with Crippen molar-refractivity contribution in [2.24, 2.45) is 7.05 Å². The standard InChI is InChI=1S/C17H21N5O2/c1-20-8-12(14-4-3-13(24-2)7-15(14)20)9-21-5-6-22-16(10-21)18-19-17(22)11-23/h3-4,7-8,23H,5-6,9-11H2,1-2H3. The van der Waals surface area contributed by atoms with E-state index in [-0.39, 0.29) is 6.61 Å². The number of benzene rings is 1. The maximum absolute atomic E-state index is 9.30. The van der Waals surface area contributed by atoms with Crippen molar-refractivity contribution in [3.8, 4) is 5.75 Å². The summed E-state index contributed by atoms with van der Waals surface area (Å²) in [6.07, 6.45) is 2.18. The van der Waals surface area contributed by atoms with Crippen LogP contribution in [0, 0.1) is 0 Å². The van der Waals surface area contributed by atoms with E-state index in [4.69, 9.17) is 4.74 Å². The van der Waals surface area contributed by atoms with Gasteiger partial charge in [0, 0.05) is 44.3 Å². The lowest BCUT2D eigenvalue weighted by atomic mass is 10.1. The SMILES string of the molecule is COc1ccc2c(CN3CCn4c(CO)nnc4C3)cn(C)c2c1. The van der Waals surface area contributed by atoms with Crippen molar-refractivity contribution in [2.45, 2.75) is 26.2 Å². The molecule has 7 nitrogen and oxygen atoms in total. The Balaban J connectivity index is 1.59. The number of aromatic nitrogens is 4. The molecule has 0 aliphatic carbocycles. The first-order chi connectivity index (χ1) is 11.7. The Labute approximate surface area is 140 Å². The second-order valence-corrected chi connectivity index (χ2v) is 6.20. The largest absolute Gasteiger partial charge is 0.497 e. The summed E-state index contributed by atoms with van der Waals surface area (Å²) in [6.45, 7) is 3.30. The maximum Gasteiger partial charge on any atom is 0.158 e. The zero-order valence-electron chi connectivity index (χ0n) is 13.9. The number of ether oxygens (including phenoxy) is 1. The zero-order valence-corrected chi connectivity index (χ0v) is 13.9. The van der Waals surface area contributed by atoms with E-state index >= 15 is 0 Å². The fourth-order valence-electron chi connectivity index (χ4n) is 3.46. The molecule has 0 atom stereocenters. The van der Waals surface area contributed by atoms with E-state index in [2.05, 4.69) is 45.0 Å². The first-order valence-electron chi connectivity index (χ1n) is 8.05. The molecule has 3 heterocycles. The third-order valence-corrected chi connectivity index (χ3v) is 4.72. The second-order valence-electron chi connectivity index (χ2n) is 6.20. The Morgan fingerprint density at radius 1 is 1.25 bits per heavy atom. The monoisotopic (exact) mass is 327 g/mol. The second kappa shape index (κ2) is 5.92. The lowest BCUT2D eigenvalue weighted by Gasteiger charge is -2.27. The molecule has 0 unspecified atom stereocenters. The van der Waals surface area contributed by atoms with Gasteiger partial charge in [-0.05, 0) is 17.7 Å². The van der Waals surface area contributed by atoms with E-state index in [0.717, 1.165) is 37.8 Å². The lowest BCUT2D eigenvalue weighted by molar-refractivity contribution is 0.200. The summed E-state index contributed by atoms with van der Waals surface area (Å²) in [6, 6.07) is 6.20. The molecule has 1 N–H and O–H groups in total. The fraction of sp³-hybridized carbons (Fsp3) is 0.412. The Kier molecular flexibility index (Phi) is 3.74. The third-order valence-electron chi connectivity index (χ3n) is 4.72. The van der Waals surface area contributed by atoms with Gasteiger partial charge in [-0.25, -0.2) is 0 Å². The molecule has 0 fully saturated rings. The molecule has 4 rings (SSSR count). The number of aliphatic hydroxyl groups excluding tert-OH is 1. The predicted octanol–water partition coefficient (Wildman–Crippen LogP) is 1.29. The molecule has 7 heteroatoms. The average Bonchev–Trinajstić information content (AvgIpc) is 3.15. The smallest absolute Gasteiger partial charge is 0.158 e. The topological polar surface area (TPSA) is 68.3 Å². The van der Waals surface area contributed by atoms with Gasteiger partial charge in [-0.3, -0.25) is 4.90 Å². The quantitative estimate of drug-likeness (QED) is 0.782. The van der Waals surface area contributed by atoms with Crippen molar-refractivity contribution >= 4 is 10.9 Å². The van der Waals surface area contributed by atoms with Crippen LogP contribution in [0.1, 0.15) is 17.2 Å². The first kappa shape index (κ1) is 15.2. The van der Waals surface area contributed by atoms with Crippen molar-refractivity contribution in [3.05, 3.63) is 41.6 Å². The van der Waals surface area contributed by atoms with Gasteiger partial charge in [0.15, 0.2) is 5.82 Å². The van der Waals surface area contributed by atoms with Gasteiger partial charge < -0.3 is 19.0 Å². The lowest BCUT2D eigenvalue weighted by Crippen LogP contribution is -2.33. The predicted molar refractivity (Wildman–Crippen MR) is 89.5 cm³/mol. The minimum atomic E-state index is -0.0574. The minimum Gasteiger partial charge on any atom is -0.497 e. The molecule has 3 aromatic rings. The van der Waals surface area contributed by atoms with Gasteiger partial charge in [-0.2, -0.15) is 0 Å². The Bertz CT molecular complexity index is 883. The van der Waals surface area contributed by atoms with Gasteiger partial charge >= 0.3 is 0 Å². The molecule has 1 aromatic carbocycles. The van der Waals surface area contributed by atoms with Crippen molar-refractivity contribution in [3.63, 3.8) is 0 Å². The van der Waals surface area contributed by atoms with Crippen LogP contribution in [0.2, 0.25) is 0 Å². The number of hydrogen-bond acceptors (Lipinski definition) is 5. The van der Waals surface area contributed by atoms with Crippen LogP contribution >= 0.6 is 0 Å². The van der Waals surface area contributed by atoms with E-state index in [1.165, 1.54) is 16.5 Å². The third kappa shape index (κ3) is 2.46. The average molecular weight is 327 g/mol. The number of nitrogens with zero attached hydrogens (tertiary/aromatic N) is 5. The maximum atomic E-state index is 9.30. The number of aliphatic hydroxyl groups is 1.